The molecule has 0 radical (unpaired) electrons. The van der Waals surface area contributed by atoms with Gasteiger partial charge in [0.25, 0.3) is 0 Å². The number of aromatic nitrogens is 1. The number of ether oxygens (including phenoxy) is 1. The summed E-state index contributed by atoms with van der Waals surface area (Å²) < 4.78 is 12.7. The van der Waals surface area contributed by atoms with Crippen LogP contribution >= 0.6 is 0 Å². The van der Waals surface area contributed by atoms with E-state index < -0.39 is 0 Å². The first-order chi connectivity index (χ1) is 15.3. The molecule has 0 N–H and O–H groups in total. The minimum Gasteiger partial charge on any atom is -0.455 e. The average Bonchev–Trinajstić information content (AvgIpc) is 3.23. The molecule has 0 unspecified atom stereocenters. The zero-order valence-electron chi connectivity index (χ0n) is 17.3. The molecule has 0 saturated heterocycles. The molecule has 0 aliphatic carbocycles. The van der Waals surface area contributed by atoms with E-state index in [1.165, 1.54) is 0 Å². The lowest BCUT2D eigenvalue weighted by molar-refractivity contribution is 0.509. The molecule has 0 bridgehead atoms. The molecule has 1 aliphatic heterocycles. The van der Waals surface area contributed by atoms with Crippen LogP contribution < -0.4 is 4.74 Å². The van der Waals surface area contributed by atoms with Gasteiger partial charge in [-0.2, -0.15) is 0 Å². The summed E-state index contributed by atoms with van der Waals surface area (Å²) in [6, 6.07) is 29.1. The quantitative estimate of drug-likeness (QED) is 0.317. The normalized spacial score (nSPS) is 13.1. The van der Waals surface area contributed by atoms with Crippen LogP contribution in [0.25, 0.3) is 33.2 Å². The third-order valence-electron chi connectivity index (χ3n) is 5.80. The lowest BCUT2D eigenvalue weighted by Gasteiger charge is -2.25. The van der Waals surface area contributed by atoms with E-state index in [-0.39, 0.29) is 0 Å². The van der Waals surface area contributed by atoms with Crippen LogP contribution in [0.4, 0.5) is 0 Å². The largest absolute Gasteiger partial charge is 0.455 e. The third-order valence-corrected chi connectivity index (χ3v) is 5.80. The maximum absolute atomic E-state index is 6.63. The zero-order chi connectivity index (χ0) is 20.8. The summed E-state index contributed by atoms with van der Waals surface area (Å²) in [7, 11) is 0. The SMILES string of the molecule is CCCc1nc2c(cc3c4c(cccc42)C(c2ccccc2)=C(c2ccccc2)O3)o1. The van der Waals surface area contributed by atoms with Crippen LogP contribution in [0, 0.1) is 0 Å². The maximum Gasteiger partial charge on any atom is 0.195 e. The van der Waals surface area contributed by atoms with Crippen molar-refractivity contribution in [3.63, 3.8) is 0 Å². The third kappa shape index (κ3) is 2.85. The van der Waals surface area contributed by atoms with Crippen molar-refractivity contribution >= 4 is 33.2 Å². The van der Waals surface area contributed by atoms with E-state index in [1.54, 1.807) is 0 Å². The summed E-state index contributed by atoms with van der Waals surface area (Å²) in [6.45, 7) is 2.13. The molecule has 0 saturated carbocycles. The highest BCUT2D eigenvalue weighted by Gasteiger charge is 2.27. The van der Waals surface area contributed by atoms with E-state index in [0.29, 0.717) is 0 Å². The molecule has 1 aromatic heterocycles. The molecular weight excluding hydrogens is 382 g/mol. The highest BCUT2D eigenvalue weighted by Crippen LogP contribution is 2.47. The Bertz CT molecular complexity index is 1450. The highest BCUT2D eigenvalue weighted by molar-refractivity contribution is 6.16. The Hall–Kier alpha value is -3.85. The Balaban J connectivity index is 1.69. The predicted octanol–water partition coefficient (Wildman–Crippen LogP) is 7.24. The molecule has 2 heterocycles. The summed E-state index contributed by atoms with van der Waals surface area (Å²) in [5.41, 5.74) is 6.12. The van der Waals surface area contributed by atoms with E-state index >= 15 is 0 Å². The topological polar surface area (TPSA) is 35.3 Å². The second kappa shape index (κ2) is 7.13. The number of rotatable bonds is 4. The first kappa shape index (κ1) is 18.0. The summed E-state index contributed by atoms with van der Waals surface area (Å²) in [5.74, 6) is 2.45. The van der Waals surface area contributed by atoms with Gasteiger partial charge in [-0.05, 0) is 17.5 Å². The molecule has 31 heavy (non-hydrogen) atoms. The smallest absolute Gasteiger partial charge is 0.195 e. The van der Waals surface area contributed by atoms with Gasteiger partial charge in [-0.3, -0.25) is 0 Å². The van der Waals surface area contributed by atoms with Crippen LogP contribution in [0.15, 0.2) is 89.3 Å². The number of fused-ring (bicyclic) bond motifs is 2. The van der Waals surface area contributed by atoms with E-state index in [0.717, 1.165) is 74.4 Å². The van der Waals surface area contributed by atoms with Crippen LogP contribution in [-0.4, -0.2) is 4.98 Å². The van der Waals surface area contributed by atoms with Gasteiger partial charge in [-0.25, -0.2) is 4.98 Å². The summed E-state index contributed by atoms with van der Waals surface area (Å²) in [5, 5.41) is 2.15. The van der Waals surface area contributed by atoms with E-state index in [2.05, 4.69) is 61.5 Å². The van der Waals surface area contributed by atoms with Crippen molar-refractivity contribution in [3.8, 4) is 5.75 Å². The van der Waals surface area contributed by atoms with Gasteiger partial charge in [0, 0.05) is 34.4 Å². The minimum atomic E-state index is 0.777. The molecule has 3 nitrogen and oxygen atoms in total. The molecule has 6 rings (SSSR count). The lowest BCUT2D eigenvalue weighted by atomic mass is 9.88. The zero-order valence-corrected chi connectivity index (χ0v) is 17.3. The fraction of sp³-hybridized carbons (Fsp3) is 0.107. The molecule has 1 aliphatic rings. The van der Waals surface area contributed by atoms with E-state index in [9.17, 15) is 0 Å². The molecule has 4 aromatic carbocycles. The number of nitrogens with zero attached hydrogens (tertiary/aromatic N) is 1. The Morgan fingerprint density at radius 3 is 2.29 bits per heavy atom. The number of hydrogen-bond donors (Lipinski definition) is 0. The van der Waals surface area contributed by atoms with Crippen molar-refractivity contribution in [3.05, 3.63) is 108 Å². The second-order valence-electron chi connectivity index (χ2n) is 7.85. The van der Waals surface area contributed by atoms with Gasteiger partial charge in [0.1, 0.15) is 17.0 Å². The molecule has 0 amide bonds. The van der Waals surface area contributed by atoms with Crippen LogP contribution in [0.3, 0.4) is 0 Å². The van der Waals surface area contributed by atoms with Crippen molar-refractivity contribution in [2.24, 2.45) is 0 Å². The standard InChI is InChI=1S/C28H21NO2/c1-2-10-24-29-27-21-16-9-15-20-25(18-11-5-3-6-12-18)28(19-13-7-4-8-14-19)31-22(26(20)21)17-23(27)30-24/h3-9,11-17H,2,10H2,1H3. The van der Waals surface area contributed by atoms with Gasteiger partial charge in [-0.1, -0.05) is 85.8 Å². The Kier molecular flexibility index (Phi) is 4.13. The van der Waals surface area contributed by atoms with Crippen molar-refractivity contribution in [2.75, 3.05) is 0 Å². The van der Waals surface area contributed by atoms with Crippen LogP contribution in [-0.2, 0) is 6.42 Å². The fourth-order valence-corrected chi connectivity index (χ4v) is 4.45. The van der Waals surface area contributed by atoms with Crippen LogP contribution in [0.5, 0.6) is 5.75 Å². The second-order valence-corrected chi connectivity index (χ2v) is 7.85. The summed E-state index contributed by atoms with van der Waals surface area (Å²) in [4.78, 5) is 4.81. The van der Waals surface area contributed by atoms with Crippen molar-refractivity contribution in [1.29, 1.82) is 0 Å². The van der Waals surface area contributed by atoms with Gasteiger partial charge in [-0.15, -0.1) is 0 Å². The van der Waals surface area contributed by atoms with Gasteiger partial charge >= 0.3 is 0 Å². The first-order valence-corrected chi connectivity index (χ1v) is 10.7. The number of aryl methyl sites for hydroxylation is 1. The van der Waals surface area contributed by atoms with E-state index in [4.69, 9.17) is 14.1 Å². The highest BCUT2D eigenvalue weighted by atomic mass is 16.5. The molecule has 150 valence electrons. The Morgan fingerprint density at radius 1 is 0.806 bits per heavy atom. The fourth-order valence-electron chi connectivity index (χ4n) is 4.45. The lowest BCUT2D eigenvalue weighted by Crippen LogP contribution is -2.07. The predicted molar refractivity (Wildman–Crippen MR) is 125 cm³/mol. The number of oxazole rings is 1. The monoisotopic (exact) mass is 403 g/mol. The minimum absolute atomic E-state index is 0.777. The summed E-state index contributed by atoms with van der Waals surface area (Å²) in [6.07, 6.45) is 1.83. The number of benzene rings is 4. The molecule has 0 spiro atoms. The van der Waals surface area contributed by atoms with Gasteiger partial charge in [0.15, 0.2) is 11.5 Å². The van der Waals surface area contributed by atoms with Crippen LogP contribution in [0.1, 0.15) is 35.9 Å². The van der Waals surface area contributed by atoms with Crippen LogP contribution in [0.2, 0.25) is 0 Å². The van der Waals surface area contributed by atoms with Gasteiger partial charge in [0.05, 0.1) is 0 Å². The molecular formula is C28H21NO2. The maximum atomic E-state index is 6.63. The number of hydrogen-bond acceptors (Lipinski definition) is 3. The molecule has 3 heteroatoms. The molecule has 0 fully saturated rings. The van der Waals surface area contributed by atoms with Crippen molar-refractivity contribution < 1.29 is 9.15 Å². The molecule has 0 atom stereocenters. The van der Waals surface area contributed by atoms with E-state index in [1.807, 2.05) is 30.3 Å². The molecule has 5 aromatic rings. The Morgan fingerprint density at radius 2 is 1.55 bits per heavy atom. The summed E-state index contributed by atoms with van der Waals surface area (Å²) >= 11 is 0. The average molecular weight is 403 g/mol. The van der Waals surface area contributed by atoms with Gasteiger partial charge in [0.2, 0.25) is 0 Å². The van der Waals surface area contributed by atoms with Crippen molar-refractivity contribution in [2.45, 2.75) is 19.8 Å². The van der Waals surface area contributed by atoms with Gasteiger partial charge < -0.3 is 9.15 Å². The van der Waals surface area contributed by atoms with Crippen molar-refractivity contribution in [1.82, 2.24) is 4.98 Å². The Labute approximate surface area is 180 Å². The first-order valence-electron chi connectivity index (χ1n) is 10.7.